The molecule has 0 amide bonds. The van der Waals surface area contributed by atoms with Crippen molar-refractivity contribution in [1.82, 2.24) is 4.90 Å². The summed E-state index contributed by atoms with van der Waals surface area (Å²) in [7, 11) is 3.35. The van der Waals surface area contributed by atoms with Crippen LogP contribution in [0.5, 0.6) is 5.75 Å². The molecule has 0 aliphatic heterocycles. The Balaban J connectivity index is 2.74. The molecule has 0 aromatic heterocycles. The molecule has 0 heterocycles. The Morgan fingerprint density at radius 3 is 2.61 bits per heavy atom. The van der Waals surface area contributed by atoms with Crippen LogP contribution in [-0.2, 0) is 11.3 Å². The van der Waals surface area contributed by atoms with E-state index in [9.17, 15) is 0 Å². The highest BCUT2D eigenvalue weighted by Gasteiger charge is 2.10. The van der Waals surface area contributed by atoms with E-state index in [0.717, 1.165) is 30.9 Å². The Morgan fingerprint density at radius 2 is 2.00 bits per heavy atom. The second-order valence-electron chi connectivity index (χ2n) is 3.91. The van der Waals surface area contributed by atoms with E-state index in [-0.39, 0.29) is 0 Å². The first kappa shape index (κ1) is 15.6. The summed E-state index contributed by atoms with van der Waals surface area (Å²) in [6.07, 6.45) is 0. The van der Waals surface area contributed by atoms with E-state index >= 15 is 0 Å². The molecule has 5 heteroatoms. The highest BCUT2D eigenvalue weighted by Crippen LogP contribution is 2.23. The Morgan fingerprint density at radius 1 is 1.22 bits per heavy atom. The normalized spacial score (nSPS) is 10.9. The number of rotatable bonds is 8. The van der Waals surface area contributed by atoms with Crippen LogP contribution in [0.3, 0.4) is 0 Å². The number of benzene rings is 1. The molecule has 0 N–H and O–H groups in total. The fourth-order valence-corrected chi connectivity index (χ4v) is 2.16. The Labute approximate surface area is 119 Å². The molecule has 18 heavy (non-hydrogen) atoms. The minimum absolute atomic E-state index is 0.590. The molecule has 0 aliphatic carbocycles. The molecule has 0 atom stereocenters. The highest BCUT2D eigenvalue weighted by atomic mass is 35.5. The summed E-state index contributed by atoms with van der Waals surface area (Å²) >= 11 is 11.8. The number of hydrogen-bond acceptors (Lipinski definition) is 3. The maximum absolute atomic E-state index is 6.01. The minimum Gasteiger partial charge on any atom is -0.496 e. The lowest BCUT2D eigenvalue weighted by Gasteiger charge is -2.22. The van der Waals surface area contributed by atoms with Gasteiger partial charge in [-0.25, -0.2) is 0 Å². The lowest BCUT2D eigenvalue weighted by atomic mass is 10.2. The van der Waals surface area contributed by atoms with Gasteiger partial charge in [0.25, 0.3) is 0 Å². The van der Waals surface area contributed by atoms with E-state index in [1.165, 1.54) is 0 Å². The third-order valence-corrected chi connectivity index (χ3v) is 3.05. The van der Waals surface area contributed by atoms with Gasteiger partial charge in [0.2, 0.25) is 0 Å². The molecule has 0 bridgehead atoms. The summed E-state index contributed by atoms with van der Waals surface area (Å²) in [5, 5.41) is 0.711. The predicted molar refractivity (Wildman–Crippen MR) is 75.9 cm³/mol. The fraction of sp³-hybridized carbons (Fsp3) is 0.538. The van der Waals surface area contributed by atoms with E-state index < -0.39 is 0 Å². The van der Waals surface area contributed by atoms with Crippen molar-refractivity contribution in [3.63, 3.8) is 0 Å². The summed E-state index contributed by atoms with van der Waals surface area (Å²) in [6, 6.07) is 5.63. The zero-order valence-electron chi connectivity index (χ0n) is 10.8. The lowest BCUT2D eigenvalue weighted by Crippen LogP contribution is -2.29. The molecule has 0 saturated heterocycles. The van der Waals surface area contributed by atoms with Gasteiger partial charge in [0, 0.05) is 43.2 Å². The predicted octanol–water partition coefficient (Wildman–Crippen LogP) is 3.04. The van der Waals surface area contributed by atoms with Gasteiger partial charge in [-0.2, -0.15) is 0 Å². The SMILES string of the molecule is COCCN(CCCl)Cc1cc(Cl)ccc1OC. The minimum atomic E-state index is 0.590. The Bertz CT molecular complexity index is 361. The molecule has 1 aromatic rings. The molecular weight excluding hydrogens is 273 g/mol. The summed E-state index contributed by atoms with van der Waals surface area (Å²) in [5.74, 6) is 1.43. The van der Waals surface area contributed by atoms with Crippen molar-refractivity contribution in [2.75, 3.05) is 39.8 Å². The van der Waals surface area contributed by atoms with Crippen molar-refractivity contribution in [1.29, 1.82) is 0 Å². The first-order valence-electron chi connectivity index (χ1n) is 5.81. The zero-order chi connectivity index (χ0) is 13.4. The van der Waals surface area contributed by atoms with Crippen LogP contribution < -0.4 is 4.74 Å². The van der Waals surface area contributed by atoms with Crippen molar-refractivity contribution in [3.8, 4) is 5.75 Å². The lowest BCUT2D eigenvalue weighted by molar-refractivity contribution is 0.147. The van der Waals surface area contributed by atoms with Gasteiger partial charge in [0.1, 0.15) is 5.75 Å². The van der Waals surface area contributed by atoms with E-state index in [1.807, 2.05) is 18.2 Å². The second kappa shape index (κ2) is 8.59. The molecule has 1 rings (SSSR count). The number of nitrogens with zero attached hydrogens (tertiary/aromatic N) is 1. The van der Waals surface area contributed by atoms with Crippen LogP contribution in [0.4, 0.5) is 0 Å². The Kier molecular flexibility index (Phi) is 7.44. The summed E-state index contributed by atoms with van der Waals surface area (Å²) in [6.45, 7) is 3.07. The van der Waals surface area contributed by atoms with E-state index in [0.29, 0.717) is 17.5 Å². The van der Waals surface area contributed by atoms with Crippen LogP contribution in [-0.4, -0.2) is 44.7 Å². The maximum atomic E-state index is 6.01. The van der Waals surface area contributed by atoms with E-state index in [4.69, 9.17) is 32.7 Å². The highest BCUT2D eigenvalue weighted by molar-refractivity contribution is 6.30. The number of alkyl halides is 1. The number of ether oxygens (including phenoxy) is 2. The monoisotopic (exact) mass is 291 g/mol. The van der Waals surface area contributed by atoms with Gasteiger partial charge >= 0.3 is 0 Å². The van der Waals surface area contributed by atoms with Crippen LogP contribution in [0, 0.1) is 0 Å². The van der Waals surface area contributed by atoms with Gasteiger partial charge in [-0.05, 0) is 18.2 Å². The van der Waals surface area contributed by atoms with Gasteiger partial charge in [-0.15, -0.1) is 11.6 Å². The van der Waals surface area contributed by atoms with Crippen molar-refractivity contribution >= 4 is 23.2 Å². The first-order valence-corrected chi connectivity index (χ1v) is 6.72. The maximum Gasteiger partial charge on any atom is 0.123 e. The number of methoxy groups -OCH3 is 2. The fourth-order valence-electron chi connectivity index (χ4n) is 1.72. The third-order valence-electron chi connectivity index (χ3n) is 2.65. The molecular formula is C13H19Cl2NO2. The molecule has 3 nitrogen and oxygen atoms in total. The second-order valence-corrected chi connectivity index (χ2v) is 4.73. The molecule has 0 saturated carbocycles. The van der Waals surface area contributed by atoms with Gasteiger partial charge in [-0.1, -0.05) is 11.6 Å². The zero-order valence-corrected chi connectivity index (χ0v) is 12.3. The van der Waals surface area contributed by atoms with Crippen LogP contribution in [0.1, 0.15) is 5.56 Å². The van der Waals surface area contributed by atoms with Crippen molar-refractivity contribution in [2.45, 2.75) is 6.54 Å². The van der Waals surface area contributed by atoms with Crippen molar-refractivity contribution in [2.24, 2.45) is 0 Å². The standard InChI is InChI=1S/C13H19Cl2NO2/c1-17-8-7-16(6-5-14)10-11-9-12(15)3-4-13(11)18-2/h3-4,9H,5-8,10H2,1-2H3. The van der Waals surface area contributed by atoms with E-state index in [2.05, 4.69) is 4.90 Å². The topological polar surface area (TPSA) is 21.7 Å². The van der Waals surface area contributed by atoms with Crippen LogP contribution in [0.15, 0.2) is 18.2 Å². The molecule has 102 valence electrons. The molecule has 0 unspecified atom stereocenters. The van der Waals surface area contributed by atoms with Gasteiger partial charge in [0.05, 0.1) is 13.7 Å². The molecule has 0 spiro atoms. The quantitative estimate of drug-likeness (QED) is 0.687. The van der Waals surface area contributed by atoms with Gasteiger partial charge in [0.15, 0.2) is 0 Å². The molecule has 0 aliphatic rings. The number of hydrogen-bond donors (Lipinski definition) is 0. The van der Waals surface area contributed by atoms with Gasteiger partial charge < -0.3 is 9.47 Å². The van der Waals surface area contributed by atoms with Crippen LogP contribution in [0.2, 0.25) is 5.02 Å². The largest absolute Gasteiger partial charge is 0.496 e. The molecule has 1 aromatic carbocycles. The van der Waals surface area contributed by atoms with Crippen LogP contribution >= 0.6 is 23.2 Å². The smallest absolute Gasteiger partial charge is 0.123 e. The van der Waals surface area contributed by atoms with Crippen molar-refractivity contribution < 1.29 is 9.47 Å². The average molecular weight is 292 g/mol. The van der Waals surface area contributed by atoms with Crippen LogP contribution in [0.25, 0.3) is 0 Å². The van der Waals surface area contributed by atoms with Gasteiger partial charge in [-0.3, -0.25) is 4.90 Å². The van der Waals surface area contributed by atoms with Crippen molar-refractivity contribution in [3.05, 3.63) is 28.8 Å². The number of halogens is 2. The summed E-state index contributed by atoms with van der Waals surface area (Å²) in [4.78, 5) is 2.21. The summed E-state index contributed by atoms with van der Waals surface area (Å²) < 4.78 is 10.4. The van der Waals surface area contributed by atoms with E-state index in [1.54, 1.807) is 14.2 Å². The molecule has 0 fully saturated rings. The third kappa shape index (κ3) is 5.02. The Hall–Kier alpha value is -0.480. The average Bonchev–Trinajstić information content (AvgIpc) is 2.36. The first-order chi connectivity index (χ1) is 8.71. The molecule has 0 radical (unpaired) electrons. The summed E-state index contributed by atoms with van der Waals surface area (Å²) in [5.41, 5.74) is 1.06.